The Kier molecular flexibility index (Phi) is 6.69. The number of fused-ring (bicyclic) bond motifs is 1. The number of halogens is 1. The first-order chi connectivity index (χ1) is 16.4. The molecule has 0 atom stereocenters. The van der Waals surface area contributed by atoms with Gasteiger partial charge in [0.15, 0.2) is 6.61 Å². The number of methoxy groups -OCH3 is 1. The van der Waals surface area contributed by atoms with Crippen LogP contribution in [0.2, 0.25) is 0 Å². The number of nitrogens with zero attached hydrogens (tertiary/aromatic N) is 2. The van der Waals surface area contributed by atoms with Gasteiger partial charge in [0.25, 0.3) is 5.91 Å². The number of aromatic nitrogens is 2. The smallest absolute Gasteiger partial charge is 0.348 e. The molecule has 2 heterocycles. The van der Waals surface area contributed by atoms with Gasteiger partial charge in [-0.3, -0.25) is 4.79 Å². The summed E-state index contributed by atoms with van der Waals surface area (Å²) in [6.07, 6.45) is 0. The molecule has 0 unspecified atom stereocenters. The minimum Gasteiger partial charge on any atom is -0.465 e. The first-order valence-electron chi connectivity index (χ1n) is 10.2. The number of hydrogen-bond acceptors (Lipinski definition) is 7. The average molecular weight is 482 g/mol. The van der Waals surface area contributed by atoms with E-state index in [1.165, 1.54) is 30.6 Å². The quantitative estimate of drug-likeness (QED) is 0.403. The van der Waals surface area contributed by atoms with E-state index in [-0.39, 0.29) is 12.4 Å². The number of carbonyl (C=O) groups is 3. The number of amides is 1. The maximum atomic E-state index is 13.3. The topological polar surface area (TPSA) is 99.5 Å². The van der Waals surface area contributed by atoms with Gasteiger partial charge in [0.1, 0.15) is 15.5 Å². The van der Waals surface area contributed by atoms with Crippen molar-refractivity contribution in [2.75, 3.05) is 13.7 Å². The molecule has 8 nitrogen and oxygen atoms in total. The van der Waals surface area contributed by atoms with E-state index >= 15 is 0 Å². The number of rotatable bonds is 7. The number of aryl methyl sites for hydroxylation is 1. The zero-order valence-corrected chi connectivity index (χ0v) is 19.1. The van der Waals surface area contributed by atoms with Gasteiger partial charge in [0.05, 0.1) is 24.1 Å². The van der Waals surface area contributed by atoms with Crippen LogP contribution in [0, 0.1) is 12.7 Å². The van der Waals surface area contributed by atoms with Gasteiger partial charge >= 0.3 is 11.9 Å². The van der Waals surface area contributed by atoms with E-state index in [1.807, 2.05) is 6.92 Å². The Morgan fingerprint density at radius 1 is 1.06 bits per heavy atom. The molecule has 4 aromatic rings. The van der Waals surface area contributed by atoms with Gasteiger partial charge in [-0.15, -0.1) is 11.3 Å². The molecule has 0 spiro atoms. The fourth-order valence-corrected chi connectivity index (χ4v) is 4.31. The van der Waals surface area contributed by atoms with E-state index in [2.05, 4.69) is 15.2 Å². The van der Waals surface area contributed by atoms with Crippen LogP contribution in [0.15, 0.2) is 54.6 Å². The highest BCUT2D eigenvalue weighted by atomic mass is 32.1. The third-order valence-electron chi connectivity index (χ3n) is 5.02. The van der Waals surface area contributed by atoms with Crippen LogP contribution < -0.4 is 5.32 Å². The van der Waals surface area contributed by atoms with Crippen LogP contribution in [0.3, 0.4) is 0 Å². The van der Waals surface area contributed by atoms with Crippen molar-refractivity contribution < 1.29 is 28.2 Å². The molecule has 174 valence electrons. The summed E-state index contributed by atoms with van der Waals surface area (Å²) in [5.41, 5.74) is 2.57. The highest BCUT2D eigenvalue weighted by molar-refractivity contribution is 7.20. The molecule has 0 aliphatic carbocycles. The second-order valence-corrected chi connectivity index (χ2v) is 8.38. The summed E-state index contributed by atoms with van der Waals surface area (Å²) in [5.74, 6) is -1.87. The Morgan fingerprint density at radius 3 is 2.44 bits per heavy atom. The van der Waals surface area contributed by atoms with E-state index in [0.29, 0.717) is 21.8 Å². The standard InChI is InChI=1S/C24H20FN3O5S/c1-14-19-11-20(34-22(19)28(27-14)18-9-7-17(25)8-10-18)24(31)33-13-21(29)26-12-15-3-5-16(6-4-15)23(30)32-2/h3-11H,12-13H2,1-2H3,(H,26,29). The van der Waals surface area contributed by atoms with Crippen molar-refractivity contribution in [1.29, 1.82) is 0 Å². The first kappa shape index (κ1) is 23.1. The van der Waals surface area contributed by atoms with Crippen LogP contribution in [-0.4, -0.2) is 41.3 Å². The third kappa shape index (κ3) is 4.96. The van der Waals surface area contributed by atoms with Crippen LogP contribution in [0.1, 0.15) is 31.3 Å². The Hall–Kier alpha value is -4.05. The maximum absolute atomic E-state index is 13.3. The van der Waals surface area contributed by atoms with Crippen molar-refractivity contribution in [3.63, 3.8) is 0 Å². The maximum Gasteiger partial charge on any atom is 0.348 e. The summed E-state index contributed by atoms with van der Waals surface area (Å²) >= 11 is 1.18. The molecule has 2 aromatic carbocycles. The van der Waals surface area contributed by atoms with Gasteiger partial charge in [-0.2, -0.15) is 5.10 Å². The van der Waals surface area contributed by atoms with Crippen LogP contribution in [0.5, 0.6) is 0 Å². The minimum atomic E-state index is -0.621. The number of nitrogens with one attached hydrogen (secondary N) is 1. The van der Waals surface area contributed by atoms with Gasteiger partial charge in [0.2, 0.25) is 0 Å². The highest BCUT2D eigenvalue weighted by Crippen LogP contribution is 2.30. The fourth-order valence-electron chi connectivity index (χ4n) is 3.24. The van der Waals surface area contributed by atoms with Crippen molar-refractivity contribution in [2.24, 2.45) is 0 Å². The molecule has 0 aliphatic rings. The highest BCUT2D eigenvalue weighted by Gasteiger charge is 2.19. The lowest BCUT2D eigenvalue weighted by Gasteiger charge is -2.07. The Labute approximate surface area is 197 Å². The monoisotopic (exact) mass is 481 g/mol. The van der Waals surface area contributed by atoms with E-state index in [4.69, 9.17) is 4.74 Å². The summed E-state index contributed by atoms with van der Waals surface area (Å²) in [4.78, 5) is 37.1. The number of thiophene rings is 1. The van der Waals surface area contributed by atoms with Crippen LogP contribution >= 0.6 is 11.3 Å². The molecule has 1 amide bonds. The Balaban J connectivity index is 1.36. The van der Waals surface area contributed by atoms with E-state index in [9.17, 15) is 18.8 Å². The number of carbonyl (C=O) groups excluding carboxylic acids is 3. The second kappa shape index (κ2) is 9.84. The van der Waals surface area contributed by atoms with Gasteiger partial charge in [-0.05, 0) is 55.0 Å². The lowest BCUT2D eigenvalue weighted by atomic mass is 10.1. The van der Waals surface area contributed by atoms with Crippen molar-refractivity contribution in [2.45, 2.75) is 13.5 Å². The van der Waals surface area contributed by atoms with Gasteiger partial charge < -0.3 is 14.8 Å². The molecule has 0 saturated carbocycles. The Morgan fingerprint density at radius 2 is 1.76 bits per heavy atom. The lowest BCUT2D eigenvalue weighted by Crippen LogP contribution is -2.28. The summed E-state index contributed by atoms with van der Waals surface area (Å²) < 4.78 is 24.7. The molecular weight excluding hydrogens is 461 g/mol. The third-order valence-corrected chi connectivity index (χ3v) is 6.11. The van der Waals surface area contributed by atoms with Gasteiger partial charge in [-0.1, -0.05) is 12.1 Å². The predicted molar refractivity (Wildman–Crippen MR) is 124 cm³/mol. The molecule has 0 saturated heterocycles. The molecule has 10 heteroatoms. The number of hydrogen-bond donors (Lipinski definition) is 1. The first-order valence-corrected chi connectivity index (χ1v) is 11.0. The molecule has 2 aromatic heterocycles. The molecule has 34 heavy (non-hydrogen) atoms. The number of benzene rings is 2. The summed E-state index contributed by atoms with van der Waals surface area (Å²) in [5, 5.41) is 7.90. The molecule has 0 fully saturated rings. The lowest BCUT2D eigenvalue weighted by molar-refractivity contribution is -0.124. The van der Waals surface area contributed by atoms with Crippen molar-refractivity contribution in [3.05, 3.63) is 82.1 Å². The van der Waals surface area contributed by atoms with E-state index < -0.39 is 24.5 Å². The van der Waals surface area contributed by atoms with E-state index in [1.54, 1.807) is 47.1 Å². The second-order valence-electron chi connectivity index (χ2n) is 7.34. The number of ether oxygens (including phenoxy) is 2. The summed E-state index contributed by atoms with van der Waals surface area (Å²) in [7, 11) is 1.30. The zero-order chi connectivity index (χ0) is 24.2. The zero-order valence-electron chi connectivity index (χ0n) is 18.3. The van der Waals surface area contributed by atoms with E-state index in [0.717, 1.165) is 15.8 Å². The predicted octanol–water partition coefficient (Wildman–Crippen LogP) is 3.79. The normalized spacial score (nSPS) is 10.8. The molecule has 0 radical (unpaired) electrons. The van der Waals surface area contributed by atoms with Crippen molar-refractivity contribution in [1.82, 2.24) is 15.1 Å². The van der Waals surface area contributed by atoms with Crippen LogP contribution in [-0.2, 0) is 20.8 Å². The molecule has 0 aliphatic heterocycles. The molecule has 0 bridgehead atoms. The van der Waals surface area contributed by atoms with Gasteiger partial charge in [0, 0.05) is 11.9 Å². The SMILES string of the molecule is COC(=O)c1ccc(CNC(=O)COC(=O)c2cc3c(C)nn(-c4ccc(F)cc4)c3s2)cc1. The molecule has 4 rings (SSSR count). The fraction of sp³-hybridized carbons (Fsp3) is 0.167. The van der Waals surface area contributed by atoms with Gasteiger partial charge in [-0.25, -0.2) is 18.7 Å². The van der Waals surface area contributed by atoms with Crippen molar-refractivity contribution in [3.8, 4) is 5.69 Å². The van der Waals surface area contributed by atoms with Crippen molar-refractivity contribution >= 4 is 39.4 Å². The van der Waals surface area contributed by atoms with Crippen LogP contribution in [0.25, 0.3) is 15.9 Å². The average Bonchev–Trinajstić information content (AvgIpc) is 3.42. The van der Waals surface area contributed by atoms with Crippen LogP contribution in [0.4, 0.5) is 4.39 Å². The Bertz CT molecular complexity index is 1360. The summed E-state index contributed by atoms with van der Waals surface area (Å²) in [6.45, 7) is 1.60. The largest absolute Gasteiger partial charge is 0.465 e. The minimum absolute atomic E-state index is 0.216. The summed E-state index contributed by atoms with van der Waals surface area (Å²) in [6, 6.07) is 14.2. The number of esters is 2. The molecule has 1 N–H and O–H groups in total. The molecular formula is C24H20FN3O5S.